The van der Waals surface area contributed by atoms with Crippen molar-refractivity contribution in [2.24, 2.45) is 22.5 Å². The van der Waals surface area contributed by atoms with Crippen LogP contribution in [0, 0.1) is 16.7 Å². The summed E-state index contributed by atoms with van der Waals surface area (Å²) >= 11 is 0. The Morgan fingerprint density at radius 3 is 2.15 bits per heavy atom. The fourth-order valence-electron chi connectivity index (χ4n) is 2.24. The summed E-state index contributed by atoms with van der Waals surface area (Å²) in [6.45, 7) is 14.6. The van der Waals surface area contributed by atoms with Crippen LogP contribution in [0.5, 0.6) is 0 Å². The summed E-state index contributed by atoms with van der Waals surface area (Å²) in [5.74, 6) is 0.831. The van der Waals surface area contributed by atoms with Gasteiger partial charge in [0.05, 0.1) is 0 Å². The van der Waals surface area contributed by atoms with Crippen molar-refractivity contribution in [3.05, 3.63) is 12.2 Å². The van der Waals surface area contributed by atoms with Gasteiger partial charge in [-0.2, -0.15) is 0 Å². The Hall–Kier alpha value is -0.340. The second-order valence-electron chi connectivity index (χ2n) is 7.89. The summed E-state index contributed by atoms with van der Waals surface area (Å²) in [4.78, 5) is 0. The second kappa shape index (κ2) is 8.84. The van der Waals surface area contributed by atoms with E-state index >= 15 is 0 Å². The summed E-state index contributed by atoms with van der Waals surface area (Å²) in [7, 11) is 1.95. The Morgan fingerprint density at radius 2 is 1.85 bits per heavy atom. The normalized spacial score (nSPS) is 24.2. The molecule has 0 aliphatic heterocycles. The lowest BCUT2D eigenvalue weighted by atomic mass is 9.71. The number of nitrogens with one attached hydrogen (secondary N) is 1. The number of nitrogens with two attached hydrogens (primary N) is 1. The van der Waals surface area contributed by atoms with Crippen molar-refractivity contribution >= 4 is 0 Å². The van der Waals surface area contributed by atoms with E-state index in [2.05, 4.69) is 59.0 Å². The Morgan fingerprint density at radius 1 is 1.25 bits per heavy atom. The van der Waals surface area contributed by atoms with Crippen LogP contribution >= 0.6 is 0 Å². The fourth-order valence-corrected chi connectivity index (χ4v) is 2.24. The zero-order chi connectivity index (χ0) is 15.8. The van der Waals surface area contributed by atoms with Gasteiger partial charge in [0.25, 0.3) is 0 Å². The Bertz CT molecular complexity index is 276. The maximum Gasteiger partial charge on any atom is 0.00997 e. The van der Waals surface area contributed by atoms with Gasteiger partial charge in [-0.05, 0) is 56.0 Å². The third-order valence-corrected chi connectivity index (χ3v) is 4.84. The molecule has 1 aliphatic carbocycles. The van der Waals surface area contributed by atoms with Gasteiger partial charge < -0.3 is 11.1 Å². The highest BCUT2D eigenvalue weighted by Gasteiger charge is 2.27. The summed E-state index contributed by atoms with van der Waals surface area (Å²) in [5, 5.41) is 3.09. The zero-order valence-corrected chi connectivity index (χ0v) is 14.9. The van der Waals surface area contributed by atoms with E-state index in [1.54, 1.807) is 0 Å². The minimum atomic E-state index is 0.247. The van der Waals surface area contributed by atoms with Crippen LogP contribution in [-0.2, 0) is 0 Å². The molecule has 2 nitrogen and oxygen atoms in total. The molecule has 2 atom stereocenters. The van der Waals surface area contributed by atoms with Gasteiger partial charge in [-0.15, -0.1) is 0 Å². The average Bonchev–Trinajstić information content (AvgIpc) is 2.36. The Balaban J connectivity index is 0.000000361. The molecule has 20 heavy (non-hydrogen) atoms. The SMILES string of the molecule is CC(C)C1(C)CC=CCC1.CNCCC(N)C(C)(C)C. The standard InChI is InChI=1S/C10H18.C8H20N2/c1-9(2)10(3)7-5-4-6-8-10;1-8(2,3)7(9)5-6-10-4/h4-5,9H,6-8H2,1-3H3;7,10H,5-6,9H2,1-4H3. The summed E-state index contributed by atoms with van der Waals surface area (Å²) in [5.41, 5.74) is 6.74. The first-order valence-electron chi connectivity index (χ1n) is 8.18. The van der Waals surface area contributed by atoms with Gasteiger partial charge in [-0.25, -0.2) is 0 Å². The third-order valence-electron chi connectivity index (χ3n) is 4.84. The lowest BCUT2D eigenvalue weighted by molar-refractivity contribution is 0.196. The van der Waals surface area contributed by atoms with E-state index in [4.69, 9.17) is 5.73 Å². The molecule has 0 saturated heterocycles. The number of rotatable bonds is 4. The summed E-state index contributed by atoms with van der Waals surface area (Å²) in [6, 6.07) is 0.306. The average molecular weight is 283 g/mol. The molecule has 0 heterocycles. The van der Waals surface area contributed by atoms with E-state index in [1.807, 2.05) is 7.05 Å². The molecule has 0 saturated carbocycles. The second-order valence-corrected chi connectivity index (χ2v) is 7.89. The van der Waals surface area contributed by atoms with Crippen molar-refractivity contribution < 1.29 is 0 Å². The molecule has 0 aromatic heterocycles. The van der Waals surface area contributed by atoms with Gasteiger partial charge in [0.15, 0.2) is 0 Å². The van der Waals surface area contributed by atoms with Gasteiger partial charge in [0.1, 0.15) is 0 Å². The maximum atomic E-state index is 5.90. The molecular weight excluding hydrogens is 244 g/mol. The maximum absolute atomic E-state index is 5.90. The molecule has 120 valence electrons. The van der Waals surface area contributed by atoms with Crippen molar-refractivity contribution in [3.63, 3.8) is 0 Å². The molecule has 0 bridgehead atoms. The van der Waals surface area contributed by atoms with Crippen LogP contribution in [0.3, 0.4) is 0 Å². The Labute approximate surface area is 127 Å². The molecule has 0 radical (unpaired) electrons. The molecular formula is C18H38N2. The third kappa shape index (κ3) is 7.44. The first kappa shape index (κ1) is 19.7. The quantitative estimate of drug-likeness (QED) is 0.752. The predicted molar refractivity (Wildman–Crippen MR) is 91.9 cm³/mol. The monoisotopic (exact) mass is 282 g/mol. The van der Waals surface area contributed by atoms with Gasteiger partial charge in [0.2, 0.25) is 0 Å². The molecule has 3 N–H and O–H groups in total. The molecule has 2 unspecified atom stereocenters. The highest BCUT2D eigenvalue weighted by Crippen LogP contribution is 2.38. The molecule has 0 aromatic rings. The number of hydrogen-bond acceptors (Lipinski definition) is 2. The highest BCUT2D eigenvalue weighted by molar-refractivity contribution is 4.96. The van der Waals surface area contributed by atoms with Crippen molar-refractivity contribution in [2.75, 3.05) is 13.6 Å². The van der Waals surface area contributed by atoms with Gasteiger partial charge in [-0.1, -0.05) is 53.7 Å². The number of allylic oxidation sites excluding steroid dienone is 2. The molecule has 0 spiro atoms. The van der Waals surface area contributed by atoms with Crippen LogP contribution in [-0.4, -0.2) is 19.6 Å². The van der Waals surface area contributed by atoms with E-state index < -0.39 is 0 Å². The minimum absolute atomic E-state index is 0.247. The van der Waals surface area contributed by atoms with Crippen LogP contribution in [0.15, 0.2) is 12.2 Å². The van der Waals surface area contributed by atoms with Gasteiger partial charge in [-0.3, -0.25) is 0 Å². The van der Waals surface area contributed by atoms with Crippen LogP contribution in [0.25, 0.3) is 0 Å². The largest absolute Gasteiger partial charge is 0.327 e. The highest BCUT2D eigenvalue weighted by atomic mass is 14.8. The first-order chi connectivity index (χ1) is 9.13. The molecule has 0 amide bonds. The van der Waals surface area contributed by atoms with Crippen LogP contribution in [0.2, 0.25) is 0 Å². The van der Waals surface area contributed by atoms with Crippen molar-refractivity contribution in [2.45, 2.75) is 73.3 Å². The van der Waals surface area contributed by atoms with E-state index in [0.29, 0.717) is 11.5 Å². The van der Waals surface area contributed by atoms with Gasteiger partial charge >= 0.3 is 0 Å². The molecule has 1 rings (SSSR count). The van der Waals surface area contributed by atoms with Crippen LogP contribution < -0.4 is 11.1 Å². The minimum Gasteiger partial charge on any atom is -0.327 e. The van der Waals surface area contributed by atoms with Crippen molar-refractivity contribution in [1.29, 1.82) is 0 Å². The van der Waals surface area contributed by atoms with E-state index in [0.717, 1.165) is 18.9 Å². The molecule has 2 heteroatoms. The predicted octanol–water partition coefficient (Wildman–Crippen LogP) is 4.36. The lowest BCUT2D eigenvalue weighted by Crippen LogP contribution is -2.37. The molecule has 0 fully saturated rings. The number of hydrogen-bond donors (Lipinski definition) is 2. The Kier molecular flexibility index (Phi) is 8.69. The molecule has 0 aromatic carbocycles. The topological polar surface area (TPSA) is 38.0 Å². The van der Waals surface area contributed by atoms with Crippen molar-refractivity contribution in [3.8, 4) is 0 Å². The lowest BCUT2D eigenvalue weighted by Gasteiger charge is -2.34. The van der Waals surface area contributed by atoms with E-state index in [9.17, 15) is 0 Å². The van der Waals surface area contributed by atoms with Crippen LogP contribution in [0.4, 0.5) is 0 Å². The zero-order valence-electron chi connectivity index (χ0n) is 14.9. The summed E-state index contributed by atoms with van der Waals surface area (Å²) < 4.78 is 0. The fraction of sp³-hybridized carbons (Fsp3) is 0.889. The van der Waals surface area contributed by atoms with Gasteiger partial charge in [0, 0.05) is 6.04 Å². The van der Waals surface area contributed by atoms with Crippen LogP contribution in [0.1, 0.15) is 67.2 Å². The summed E-state index contributed by atoms with van der Waals surface area (Å²) in [6.07, 6.45) is 9.65. The van der Waals surface area contributed by atoms with E-state index in [-0.39, 0.29) is 5.41 Å². The van der Waals surface area contributed by atoms with E-state index in [1.165, 1.54) is 19.3 Å². The first-order valence-corrected chi connectivity index (χ1v) is 8.18. The molecule has 1 aliphatic rings. The smallest absolute Gasteiger partial charge is 0.00997 e. The van der Waals surface area contributed by atoms with Crippen molar-refractivity contribution in [1.82, 2.24) is 5.32 Å².